The maximum Gasteiger partial charge on any atom is 0.189 e. The van der Waals surface area contributed by atoms with E-state index in [4.69, 9.17) is 17.3 Å². The van der Waals surface area contributed by atoms with Crippen molar-refractivity contribution in [3.05, 3.63) is 52.5 Å². The summed E-state index contributed by atoms with van der Waals surface area (Å²) in [5.74, 6) is 0.573. The van der Waals surface area contributed by atoms with Crippen molar-refractivity contribution in [1.82, 2.24) is 20.2 Å². The van der Waals surface area contributed by atoms with E-state index in [-0.39, 0.29) is 0 Å². The number of para-hydroxylation sites is 1. The second-order valence-corrected chi connectivity index (χ2v) is 5.24. The van der Waals surface area contributed by atoms with Gasteiger partial charge in [-0.15, -0.1) is 5.10 Å². The third-order valence-electron chi connectivity index (χ3n) is 3.57. The summed E-state index contributed by atoms with van der Waals surface area (Å²) in [5, 5.41) is 12.5. The molecule has 0 fully saturated rings. The number of anilines is 1. The second-order valence-electron chi connectivity index (χ2n) is 4.83. The number of aryl methyl sites for hydroxylation is 1. The summed E-state index contributed by atoms with van der Waals surface area (Å²) in [6.45, 7) is 4.09. The van der Waals surface area contributed by atoms with E-state index >= 15 is 0 Å². The summed E-state index contributed by atoms with van der Waals surface area (Å²) in [4.78, 5) is 0. The van der Waals surface area contributed by atoms with Gasteiger partial charge in [0.15, 0.2) is 5.82 Å². The Bertz CT molecular complexity index is 744. The van der Waals surface area contributed by atoms with Gasteiger partial charge in [-0.05, 0) is 53.6 Å². The number of nitrogen functional groups attached to an aromatic ring is 1. The Morgan fingerprint density at radius 1 is 1.10 bits per heavy atom. The number of rotatable bonds is 2. The molecule has 0 unspecified atom stereocenters. The third-order valence-corrected chi connectivity index (χ3v) is 3.90. The topological polar surface area (TPSA) is 69.6 Å². The van der Waals surface area contributed by atoms with Crippen molar-refractivity contribution >= 4 is 17.3 Å². The minimum Gasteiger partial charge on any atom is -0.397 e. The van der Waals surface area contributed by atoms with Gasteiger partial charge < -0.3 is 5.73 Å². The van der Waals surface area contributed by atoms with Gasteiger partial charge in [0.2, 0.25) is 0 Å². The van der Waals surface area contributed by atoms with Crippen molar-refractivity contribution < 1.29 is 0 Å². The number of aromatic nitrogens is 4. The van der Waals surface area contributed by atoms with Crippen molar-refractivity contribution in [2.75, 3.05) is 5.73 Å². The molecule has 0 spiro atoms. The zero-order valence-electron chi connectivity index (χ0n) is 11.7. The van der Waals surface area contributed by atoms with E-state index in [9.17, 15) is 0 Å². The first-order valence-corrected chi connectivity index (χ1v) is 6.86. The van der Waals surface area contributed by atoms with Crippen molar-refractivity contribution in [2.45, 2.75) is 13.8 Å². The molecule has 0 atom stereocenters. The highest BCUT2D eigenvalue weighted by molar-refractivity contribution is 6.33. The highest BCUT2D eigenvalue weighted by Crippen LogP contribution is 2.31. The summed E-state index contributed by atoms with van der Waals surface area (Å²) < 4.78 is 1.68. The molecule has 106 valence electrons. The predicted octanol–water partition coefficient (Wildman–Crippen LogP) is 3.18. The average molecular weight is 300 g/mol. The average Bonchev–Trinajstić information content (AvgIpc) is 2.94. The summed E-state index contributed by atoms with van der Waals surface area (Å²) in [7, 11) is 0. The van der Waals surface area contributed by atoms with Crippen molar-refractivity contribution in [1.29, 1.82) is 0 Å². The molecule has 5 nitrogen and oxygen atoms in total. The maximum absolute atomic E-state index is 6.08. The Kier molecular flexibility index (Phi) is 3.35. The number of benzene rings is 2. The van der Waals surface area contributed by atoms with Crippen LogP contribution in [0.1, 0.15) is 11.1 Å². The molecule has 1 heterocycles. The zero-order valence-corrected chi connectivity index (χ0v) is 12.5. The Morgan fingerprint density at radius 3 is 2.67 bits per heavy atom. The normalized spacial score (nSPS) is 10.8. The van der Waals surface area contributed by atoms with E-state index in [1.54, 1.807) is 10.7 Å². The van der Waals surface area contributed by atoms with E-state index < -0.39 is 0 Å². The molecule has 0 aliphatic rings. The lowest BCUT2D eigenvalue weighted by molar-refractivity contribution is 0.786. The van der Waals surface area contributed by atoms with Crippen LogP contribution in [0.5, 0.6) is 0 Å². The number of halogens is 1. The Balaban J connectivity index is 2.22. The molecule has 0 bridgehead atoms. The molecule has 2 aromatic carbocycles. The SMILES string of the molecule is Cc1cccc(-n2nnnc2-c2cccc(Cl)c2N)c1C. The highest BCUT2D eigenvalue weighted by atomic mass is 35.5. The Hall–Kier alpha value is -2.40. The fraction of sp³-hybridized carbons (Fsp3) is 0.133. The van der Waals surface area contributed by atoms with Gasteiger partial charge in [-0.3, -0.25) is 0 Å². The first-order valence-electron chi connectivity index (χ1n) is 6.49. The largest absolute Gasteiger partial charge is 0.397 e. The Morgan fingerprint density at radius 2 is 1.86 bits per heavy atom. The highest BCUT2D eigenvalue weighted by Gasteiger charge is 2.16. The van der Waals surface area contributed by atoms with E-state index in [1.807, 2.05) is 31.2 Å². The Labute approximate surface area is 127 Å². The van der Waals surface area contributed by atoms with Crippen molar-refractivity contribution in [3.63, 3.8) is 0 Å². The van der Waals surface area contributed by atoms with E-state index in [0.29, 0.717) is 22.1 Å². The summed E-state index contributed by atoms with van der Waals surface area (Å²) in [6, 6.07) is 11.4. The third kappa shape index (κ3) is 2.25. The van der Waals surface area contributed by atoms with Crippen LogP contribution in [0.2, 0.25) is 5.02 Å². The molecule has 0 radical (unpaired) electrons. The van der Waals surface area contributed by atoms with Gasteiger partial charge >= 0.3 is 0 Å². The first-order chi connectivity index (χ1) is 10.1. The van der Waals surface area contributed by atoms with Crippen molar-refractivity contribution in [2.24, 2.45) is 0 Å². The number of nitrogens with two attached hydrogens (primary N) is 1. The van der Waals surface area contributed by atoms with Gasteiger partial charge in [0.1, 0.15) is 0 Å². The van der Waals surface area contributed by atoms with Gasteiger partial charge in [0.25, 0.3) is 0 Å². The molecule has 3 rings (SSSR count). The number of hydrogen-bond donors (Lipinski definition) is 1. The molecule has 0 aliphatic carbocycles. The standard InChI is InChI=1S/C15H14ClN5/c1-9-5-3-8-13(10(9)2)21-15(18-19-20-21)11-6-4-7-12(16)14(11)17/h3-8H,17H2,1-2H3. The molecule has 0 saturated heterocycles. The fourth-order valence-electron chi connectivity index (χ4n) is 2.21. The van der Waals surface area contributed by atoms with Crippen LogP contribution < -0.4 is 5.73 Å². The van der Waals surface area contributed by atoms with Crippen LogP contribution in [0.15, 0.2) is 36.4 Å². The monoisotopic (exact) mass is 299 g/mol. The number of tetrazole rings is 1. The number of nitrogens with zero attached hydrogens (tertiary/aromatic N) is 4. The zero-order chi connectivity index (χ0) is 15.0. The summed E-state index contributed by atoms with van der Waals surface area (Å²) >= 11 is 6.08. The van der Waals surface area contributed by atoms with E-state index in [1.165, 1.54) is 5.56 Å². The van der Waals surface area contributed by atoms with Crippen LogP contribution in [-0.4, -0.2) is 20.2 Å². The fourth-order valence-corrected chi connectivity index (χ4v) is 2.39. The second kappa shape index (κ2) is 5.18. The summed E-state index contributed by atoms with van der Waals surface area (Å²) in [5.41, 5.74) is 10.5. The van der Waals surface area contributed by atoms with Crippen LogP contribution in [0.3, 0.4) is 0 Å². The van der Waals surface area contributed by atoms with E-state index in [2.05, 4.69) is 28.5 Å². The molecular formula is C15H14ClN5. The molecular weight excluding hydrogens is 286 g/mol. The lowest BCUT2D eigenvalue weighted by atomic mass is 10.1. The van der Waals surface area contributed by atoms with Crippen LogP contribution in [0.25, 0.3) is 17.1 Å². The van der Waals surface area contributed by atoms with Crippen molar-refractivity contribution in [3.8, 4) is 17.1 Å². The van der Waals surface area contributed by atoms with Crippen LogP contribution in [0.4, 0.5) is 5.69 Å². The van der Waals surface area contributed by atoms with Gasteiger partial charge in [0.05, 0.1) is 16.4 Å². The molecule has 0 amide bonds. The van der Waals surface area contributed by atoms with Gasteiger partial charge in [-0.25, -0.2) is 0 Å². The molecule has 2 N–H and O–H groups in total. The van der Waals surface area contributed by atoms with E-state index in [0.717, 1.165) is 11.3 Å². The van der Waals surface area contributed by atoms with Crippen LogP contribution >= 0.6 is 11.6 Å². The minimum atomic E-state index is 0.473. The number of hydrogen-bond acceptors (Lipinski definition) is 4. The predicted molar refractivity (Wildman–Crippen MR) is 83.5 cm³/mol. The quantitative estimate of drug-likeness (QED) is 0.738. The molecule has 0 saturated carbocycles. The summed E-state index contributed by atoms with van der Waals surface area (Å²) in [6.07, 6.45) is 0. The van der Waals surface area contributed by atoms with Gasteiger partial charge in [0, 0.05) is 5.56 Å². The molecule has 0 aliphatic heterocycles. The van der Waals surface area contributed by atoms with Crippen LogP contribution in [0, 0.1) is 13.8 Å². The molecule has 3 aromatic rings. The minimum absolute atomic E-state index is 0.473. The molecule has 21 heavy (non-hydrogen) atoms. The molecule has 1 aromatic heterocycles. The van der Waals surface area contributed by atoms with Gasteiger partial charge in [-0.1, -0.05) is 29.8 Å². The molecule has 6 heteroatoms. The smallest absolute Gasteiger partial charge is 0.189 e. The van der Waals surface area contributed by atoms with Crippen LogP contribution in [-0.2, 0) is 0 Å². The maximum atomic E-state index is 6.08. The lowest BCUT2D eigenvalue weighted by Crippen LogP contribution is -2.04. The van der Waals surface area contributed by atoms with Gasteiger partial charge in [-0.2, -0.15) is 4.68 Å². The lowest BCUT2D eigenvalue weighted by Gasteiger charge is -2.11. The first kappa shape index (κ1) is 13.6.